The molecule has 0 aliphatic heterocycles. The van der Waals surface area contributed by atoms with Crippen LogP contribution in [0.15, 0.2) is 44.6 Å². The second kappa shape index (κ2) is 9.40. The molecule has 1 aromatic heterocycles. The first-order valence-corrected chi connectivity index (χ1v) is 10.6. The molecule has 0 aliphatic rings. The van der Waals surface area contributed by atoms with Crippen LogP contribution >= 0.6 is 0 Å². The molecule has 33 heavy (non-hydrogen) atoms. The molecule has 0 spiro atoms. The fraction of sp³-hybridized carbons (Fsp3) is 0.308. The Balaban J connectivity index is 2.47. The Bertz CT molecular complexity index is 1370. The lowest BCUT2D eigenvalue weighted by Crippen LogP contribution is -2.11. The molecule has 1 heterocycles. The average molecular weight is 453 g/mol. The van der Waals surface area contributed by atoms with Crippen molar-refractivity contribution in [3.05, 3.63) is 62.3 Å². The number of methoxy groups -OCH3 is 1. The maximum atomic E-state index is 13.7. The van der Waals surface area contributed by atoms with Crippen molar-refractivity contribution in [2.45, 2.75) is 47.0 Å². The summed E-state index contributed by atoms with van der Waals surface area (Å²) in [7, 11) is 1.42. The first-order chi connectivity index (χ1) is 15.5. The Hall–Kier alpha value is -3.74. The normalized spacial score (nSPS) is 10.9. The molecule has 2 aromatic carbocycles. The third-order valence-electron chi connectivity index (χ3n) is 5.41. The van der Waals surface area contributed by atoms with Crippen LogP contribution in [0.3, 0.4) is 0 Å². The van der Waals surface area contributed by atoms with Gasteiger partial charge in [-0.25, -0.2) is 0 Å². The highest BCUT2D eigenvalue weighted by Gasteiger charge is 2.23. The van der Waals surface area contributed by atoms with E-state index in [0.29, 0.717) is 23.3 Å². The largest absolute Gasteiger partial charge is 0.507 e. The van der Waals surface area contributed by atoms with Gasteiger partial charge in [0.25, 0.3) is 0 Å². The quantitative estimate of drug-likeness (QED) is 0.341. The Morgan fingerprint density at radius 3 is 2.09 bits per heavy atom. The number of allylic oxidation sites excluding steroid dienone is 4. The molecule has 7 nitrogen and oxygen atoms in total. The fourth-order valence-electron chi connectivity index (χ4n) is 3.85. The number of phenolic OH excluding ortho intramolecular Hbond substituents is 2. The highest BCUT2D eigenvalue weighted by molar-refractivity contribution is 5.97. The lowest BCUT2D eigenvalue weighted by atomic mass is 9.96. The van der Waals surface area contributed by atoms with Crippen molar-refractivity contribution >= 4 is 27.9 Å². The van der Waals surface area contributed by atoms with Gasteiger partial charge in [-0.05, 0) is 46.6 Å². The van der Waals surface area contributed by atoms with Crippen LogP contribution in [0.2, 0.25) is 0 Å². The van der Waals surface area contributed by atoms with Gasteiger partial charge in [-0.3, -0.25) is 9.59 Å². The smallest absolute Gasteiger partial charge is 0.307 e. The molecule has 0 saturated heterocycles. The number of carboxylic acids is 1. The molecule has 0 unspecified atom stereocenters. The number of rotatable bonds is 7. The molecule has 0 atom stereocenters. The van der Waals surface area contributed by atoms with E-state index in [1.54, 1.807) is 0 Å². The molecule has 3 N–H and O–H groups in total. The van der Waals surface area contributed by atoms with Gasteiger partial charge in [0.05, 0.1) is 18.9 Å². The Kier molecular flexibility index (Phi) is 6.81. The number of phenols is 2. The zero-order valence-electron chi connectivity index (χ0n) is 19.4. The summed E-state index contributed by atoms with van der Waals surface area (Å²) < 4.78 is 11.5. The van der Waals surface area contributed by atoms with Crippen LogP contribution < -0.4 is 10.2 Å². The van der Waals surface area contributed by atoms with Crippen molar-refractivity contribution < 1.29 is 29.3 Å². The van der Waals surface area contributed by atoms with Crippen molar-refractivity contribution in [1.82, 2.24) is 0 Å². The third-order valence-corrected chi connectivity index (χ3v) is 5.41. The van der Waals surface area contributed by atoms with E-state index in [9.17, 15) is 24.9 Å². The van der Waals surface area contributed by atoms with Crippen molar-refractivity contribution in [1.29, 1.82) is 0 Å². The molecular formula is C26H28O7. The molecule has 0 bridgehead atoms. The lowest BCUT2D eigenvalue weighted by molar-refractivity contribution is -0.136. The zero-order chi connectivity index (χ0) is 24.4. The van der Waals surface area contributed by atoms with Crippen molar-refractivity contribution in [2.75, 3.05) is 7.11 Å². The van der Waals surface area contributed by atoms with E-state index < -0.39 is 11.4 Å². The van der Waals surface area contributed by atoms with Crippen LogP contribution in [0.25, 0.3) is 21.9 Å². The molecule has 7 heteroatoms. The van der Waals surface area contributed by atoms with Gasteiger partial charge in [0.15, 0.2) is 0 Å². The molecule has 3 aromatic rings. The SMILES string of the molecule is COc1c(CC(=O)O)cc2oc3cc(O)c(CC=C(C)C)c(O)c3c(=O)c2c1CC=C(C)C. The number of aliphatic carboxylic acids is 1. The van der Waals surface area contributed by atoms with Crippen LogP contribution in [0.4, 0.5) is 0 Å². The molecule has 0 fully saturated rings. The standard InChI is InChI=1S/C26H28O7/c1-13(2)6-8-16-18(27)12-20-23(24(16)30)25(31)22-17(9-7-14(3)4)26(32-5)15(11-21(28)29)10-19(22)33-20/h6-7,10,12,27,30H,8-9,11H2,1-5H3,(H,28,29). The molecule has 0 aliphatic carbocycles. The summed E-state index contributed by atoms with van der Waals surface area (Å²) in [6.07, 6.45) is 3.99. The van der Waals surface area contributed by atoms with Crippen LogP contribution in [0.5, 0.6) is 17.2 Å². The van der Waals surface area contributed by atoms with Gasteiger partial charge in [0.1, 0.15) is 33.8 Å². The number of hydrogen-bond donors (Lipinski definition) is 3. The summed E-state index contributed by atoms with van der Waals surface area (Å²) in [6.45, 7) is 7.62. The van der Waals surface area contributed by atoms with E-state index in [1.807, 2.05) is 39.8 Å². The van der Waals surface area contributed by atoms with Crippen molar-refractivity contribution in [3.8, 4) is 17.2 Å². The van der Waals surface area contributed by atoms with E-state index >= 15 is 0 Å². The second-order valence-electron chi connectivity index (χ2n) is 8.49. The topological polar surface area (TPSA) is 117 Å². The molecule has 0 amide bonds. The van der Waals surface area contributed by atoms with Gasteiger partial charge in [0.2, 0.25) is 5.43 Å². The van der Waals surface area contributed by atoms with E-state index in [-0.39, 0.29) is 51.8 Å². The van der Waals surface area contributed by atoms with E-state index in [0.717, 1.165) is 11.1 Å². The fourth-order valence-corrected chi connectivity index (χ4v) is 3.85. The van der Waals surface area contributed by atoms with Gasteiger partial charge in [-0.2, -0.15) is 0 Å². The summed E-state index contributed by atoms with van der Waals surface area (Å²) in [5.41, 5.74) is 2.80. The minimum absolute atomic E-state index is 0.0167. The summed E-state index contributed by atoms with van der Waals surface area (Å²) >= 11 is 0. The minimum Gasteiger partial charge on any atom is -0.507 e. The molecule has 0 radical (unpaired) electrons. The second-order valence-corrected chi connectivity index (χ2v) is 8.49. The number of aromatic hydroxyl groups is 2. The Labute approximate surface area is 191 Å². The zero-order valence-corrected chi connectivity index (χ0v) is 19.4. The summed E-state index contributed by atoms with van der Waals surface area (Å²) in [4.78, 5) is 25.1. The van der Waals surface area contributed by atoms with Crippen LogP contribution in [-0.4, -0.2) is 28.4 Å². The minimum atomic E-state index is -1.05. The summed E-state index contributed by atoms with van der Waals surface area (Å²) in [5, 5.41) is 30.9. The Morgan fingerprint density at radius 2 is 1.55 bits per heavy atom. The lowest BCUT2D eigenvalue weighted by Gasteiger charge is -2.16. The average Bonchev–Trinajstić information content (AvgIpc) is 2.70. The maximum Gasteiger partial charge on any atom is 0.307 e. The molecule has 3 rings (SSSR count). The molecular weight excluding hydrogens is 424 g/mol. The molecule has 0 saturated carbocycles. The Morgan fingerprint density at radius 1 is 0.970 bits per heavy atom. The van der Waals surface area contributed by atoms with E-state index in [2.05, 4.69) is 0 Å². The first-order valence-electron chi connectivity index (χ1n) is 10.6. The van der Waals surface area contributed by atoms with Crippen molar-refractivity contribution in [2.24, 2.45) is 0 Å². The summed E-state index contributed by atoms with van der Waals surface area (Å²) in [5.74, 6) is -1.27. The highest BCUT2D eigenvalue weighted by atomic mass is 16.5. The van der Waals surface area contributed by atoms with Gasteiger partial charge < -0.3 is 24.5 Å². The monoisotopic (exact) mass is 452 g/mol. The van der Waals surface area contributed by atoms with E-state index in [4.69, 9.17) is 9.15 Å². The maximum absolute atomic E-state index is 13.7. The number of fused-ring (bicyclic) bond motifs is 2. The van der Waals surface area contributed by atoms with Crippen LogP contribution in [-0.2, 0) is 24.1 Å². The van der Waals surface area contributed by atoms with Gasteiger partial charge in [-0.15, -0.1) is 0 Å². The van der Waals surface area contributed by atoms with Gasteiger partial charge in [-0.1, -0.05) is 23.3 Å². The number of carboxylic acid groups (broad SMARTS) is 1. The van der Waals surface area contributed by atoms with Gasteiger partial charge in [0, 0.05) is 22.8 Å². The number of hydrogen-bond acceptors (Lipinski definition) is 6. The van der Waals surface area contributed by atoms with Gasteiger partial charge >= 0.3 is 5.97 Å². The predicted octanol–water partition coefficient (Wildman–Crippen LogP) is 5.01. The van der Waals surface area contributed by atoms with E-state index in [1.165, 1.54) is 19.2 Å². The number of ether oxygens (including phenoxy) is 1. The van der Waals surface area contributed by atoms with Crippen LogP contribution in [0, 0.1) is 0 Å². The first kappa shape index (κ1) is 23.9. The van der Waals surface area contributed by atoms with Crippen molar-refractivity contribution in [3.63, 3.8) is 0 Å². The summed E-state index contributed by atoms with van der Waals surface area (Å²) in [6, 6.07) is 2.78. The van der Waals surface area contributed by atoms with Crippen LogP contribution in [0.1, 0.15) is 44.4 Å². The third kappa shape index (κ3) is 4.72. The molecule has 174 valence electrons. The number of carbonyl (C=O) groups is 1. The number of benzene rings is 2. The highest BCUT2D eigenvalue weighted by Crippen LogP contribution is 2.39. The predicted molar refractivity (Wildman–Crippen MR) is 127 cm³/mol.